The number of aromatic nitrogens is 2. The number of para-hydroxylation sites is 2. The Bertz CT molecular complexity index is 2600. The van der Waals surface area contributed by atoms with Crippen LogP contribution in [-0.2, 0) is 0 Å². The van der Waals surface area contributed by atoms with E-state index in [1.54, 1.807) is 12.1 Å². The van der Waals surface area contributed by atoms with Crippen molar-refractivity contribution in [3.63, 3.8) is 0 Å². The van der Waals surface area contributed by atoms with Gasteiger partial charge in [-0.15, -0.1) is 0 Å². The van der Waals surface area contributed by atoms with Gasteiger partial charge in [0.05, 0.1) is 47.0 Å². The topological polar surface area (TPSA) is 42.4 Å². The van der Waals surface area contributed by atoms with E-state index < -0.39 is 0 Å². The van der Waals surface area contributed by atoms with Crippen LogP contribution in [0.4, 0.5) is 11.4 Å². The van der Waals surface area contributed by atoms with Crippen LogP contribution >= 0.6 is 0 Å². The molecule has 0 aliphatic carbocycles. The quantitative estimate of drug-likeness (QED) is 0.199. The molecular weight excluding hydrogens is 538 g/mol. The molecule has 202 valence electrons. The zero-order valence-corrected chi connectivity index (χ0v) is 23.4. The second kappa shape index (κ2) is 9.74. The lowest BCUT2D eigenvalue weighted by molar-refractivity contribution is 1.18. The first-order valence-electron chi connectivity index (χ1n) is 14.1. The fourth-order valence-electron chi connectivity index (χ4n) is 6.41. The monoisotopic (exact) mass is 559 g/mol. The van der Waals surface area contributed by atoms with E-state index in [0.29, 0.717) is 16.9 Å². The van der Waals surface area contributed by atoms with Crippen LogP contribution in [0.5, 0.6) is 0 Å². The molecule has 0 saturated heterocycles. The summed E-state index contributed by atoms with van der Waals surface area (Å²) in [5, 5.41) is 13.9. The summed E-state index contributed by atoms with van der Waals surface area (Å²) < 4.78 is 4.36. The van der Waals surface area contributed by atoms with Crippen molar-refractivity contribution in [1.82, 2.24) is 9.13 Å². The molecule has 2 heterocycles. The van der Waals surface area contributed by atoms with Gasteiger partial charge in [-0.2, -0.15) is 5.26 Å². The summed E-state index contributed by atoms with van der Waals surface area (Å²) in [4.78, 5) is 7.43. The van der Waals surface area contributed by atoms with Crippen molar-refractivity contribution in [2.75, 3.05) is 0 Å². The van der Waals surface area contributed by atoms with Gasteiger partial charge >= 0.3 is 0 Å². The van der Waals surface area contributed by atoms with E-state index in [9.17, 15) is 5.26 Å². The molecule has 0 aliphatic heterocycles. The van der Waals surface area contributed by atoms with Crippen molar-refractivity contribution < 1.29 is 0 Å². The maximum absolute atomic E-state index is 9.40. The number of rotatable bonds is 3. The second-order valence-electron chi connectivity index (χ2n) is 10.7. The van der Waals surface area contributed by atoms with Crippen molar-refractivity contribution in [3.8, 4) is 28.6 Å². The Balaban J connectivity index is 1.37. The first-order chi connectivity index (χ1) is 21.7. The van der Waals surface area contributed by atoms with Crippen molar-refractivity contribution in [3.05, 3.63) is 156 Å². The fourth-order valence-corrected chi connectivity index (χ4v) is 6.41. The van der Waals surface area contributed by atoms with Gasteiger partial charge in [0.2, 0.25) is 5.69 Å². The molecule has 0 bridgehead atoms. The van der Waals surface area contributed by atoms with Crippen LogP contribution in [0, 0.1) is 24.5 Å². The van der Waals surface area contributed by atoms with Crippen LogP contribution in [0.15, 0.2) is 127 Å². The summed E-state index contributed by atoms with van der Waals surface area (Å²) in [5.74, 6) is 0. The second-order valence-corrected chi connectivity index (χ2v) is 10.7. The lowest BCUT2D eigenvalue weighted by atomic mass is 10.0. The van der Waals surface area contributed by atoms with E-state index in [2.05, 4.69) is 97.7 Å². The molecule has 0 saturated carbocycles. The predicted molar refractivity (Wildman–Crippen MR) is 178 cm³/mol. The SMILES string of the molecule is [C-]#[N+]c1cccc(-n2c3ccccc3c3ccc(-c4ccc5c(c4)c4ccccc4n5-c4ccc(C#N)cc4[N+]#[C-])cc32)c1. The lowest BCUT2D eigenvalue weighted by Crippen LogP contribution is -1.95. The Labute approximate surface area is 253 Å². The third-order valence-corrected chi connectivity index (χ3v) is 8.36. The summed E-state index contributed by atoms with van der Waals surface area (Å²) in [6, 6.07) is 44.9. The Kier molecular flexibility index (Phi) is 5.56. The number of nitrogens with zero attached hydrogens (tertiary/aromatic N) is 5. The predicted octanol–water partition coefficient (Wildman–Crippen LogP) is 10.5. The molecule has 0 aliphatic rings. The Morgan fingerprint density at radius 1 is 0.523 bits per heavy atom. The van der Waals surface area contributed by atoms with Gasteiger partial charge in [0, 0.05) is 32.8 Å². The molecule has 0 unspecified atom stereocenters. The van der Waals surface area contributed by atoms with Crippen molar-refractivity contribution in [2.24, 2.45) is 0 Å². The maximum atomic E-state index is 9.40. The highest BCUT2D eigenvalue weighted by molar-refractivity contribution is 6.12. The highest BCUT2D eigenvalue weighted by Crippen LogP contribution is 2.39. The lowest BCUT2D eigenvalue weighted by Gasteiger charge is -2.11. The normalized spacial score (nSPS) is 11.1. The van der Waals surface area contributed by atoms with Gasteiger partial charge in [-0.05, 0) is 71.8 Å². The van der Waals surface area contributed by atoms with Crippen LogP contribution in [-0.4, -0.2) is 9.13 Å². The third-order valence-electron chi connectivity index (χ3n) is 8.36. The zero-order chi connectivity index (χ0) is 29.8. The fraction of sp³-hybridized carbons (Fsp3) is 0. The molecule has 0 spiro atoms. The molecule has 0 N–H and O–H groups in total. The van der Waals surface area contributed by atoms with Crippen LogP contribution in [0.1, 0.15) is 5.56 Å². The highest BCUT2D eigenvalue weighted by atomic mass is 15.0. The Morgan fingerprint density at radius 3 is 1.98 bits per heavy atom. The largest absolute Gasteiger partial charge is 0.319 e. The average Bonchev–Trinajstić information content (AvgIpc) is 3.60. The molecule has 8 rings (SSSR count). The van der Waals surface area contributed by atoms with Crippen molar-refractivity contribution in [2.45, 2.75) is 0 Å². The molecular formula is C39H21N5. The molecule has 44 heavy (non-hydrogen) atoms. The molecule has 2 aromatic heterocycles. The standard InChI is InChI=1S/C39H21N5/c1-41-28-8-7-9-29(23-28)43-35-12-5-3-10-30(35)32-17-15-27(22-39(32)43)26-16-19-37-33(21-26)31-11-4-6-13-36(31)44(37)38-18-14-25(24-40)20-34(38)42-2/h3-23H. The van der Waals surface area contributed by atoms with Crippen LogP contribution in [0.3, 0.4) is 0 Å². The first kappa shape index (κ1) is 25.1. The van der Waals surface area contributed by atoms with Gasteiger partial charge in [0.25, 0.3) is 0 Å². The minimum Gasteiger partial charge on any atom is -0.319 e. The first-order valence-corrected chi connectivity index (χ1v) is 14.1. The van der Waals surface area contributed by atoms with Crippen LogP contribution in [0.2, 0.25) is 0 Å². The van der Waals surface area contributed by atoms with Crippen LogP contribution < -0.4 is 0 Å². The van der Waals surface area contributed by atoms with E-state index >= 15 is 0 Å². The summed E-state index contributed by atoms with van der Waals surface area (Å²) in [7, 11) is 0. The molecule has 6 aromatic carbocycles. The van der Waals surface area contributed by atoms with Gasteiger partial charge in [-0.3, -0.25) is 0 Å². The van der Waals surface area contributed by atoms with Crippen molar-refractivity contribution >= 4 is 55.0 Å². The summed E-state index contributed by atoms with van der Waals surface area (Å²) in [6.45, 7) is 15.4. The molecule has 5 nitrogen and oxygen atoms in total. The number of benzene rings is 6. The van der Waals surface area contributed by atoms with Gasteiger partial charge < -0.3 is 9.13 Å². The average molecular weight is 560 g/mol. The van der Waals surface area contributed by atoms with E-state index in [-0.39, 0.29) is 0 Å². The molecule has 0 amide bonds. The maximum Gasteiger partial charge on any atom is 0.211 e. The van der Waals surface area contributed by atoms with E-state index in [4.69, 9.17) is 13.1 Å². The molecule has 0 radical (unpaired) electrons. The smallest absolute Gasteiger partial charge is 0.211 e. The molecule has 8 aromatic rings. The zero-order valence-electron chi connectivity index (χ0n) is 23.4. The molecule has 0 atom stereocenters. The number of hydrogen-bond donors (Lipinski definition) is 0. The summed E-state index contributed by atoms with van der Waals surface area (Å²) in [5.41, 5.74) is 9.57. The van der Waals surface area contributed by atoms with Crippen molar-refractivity contribution in [1.29, 1.82) is 5.26 Å². The van der Waals surface area contributed by atoms with Gasteiger partial charge in [0.1, 0.15) is 0 Å². The highest BCUT2D eigenvalue weighted by Gasteiger charge is 2.17. The van der Waals surface area contributed by atoms with Crippen LogP contribution in [0.25, 0.3) is 75.8 Å². The van der Waals surface area contributed by atoms with Gasteiger partial charge in [-0.1, -0.05) is 66.7 Å². The Hall–Kier alpha value is -6.61. The molecule has 5 heteroatoms. The minimum absolute atomic E-state index is 0.441. The van der Waals surface area contributed by atoms with E-state index in [0.717, 1.165) is 60.7 Å². The number of hydrogen-bond acceptors (Lipinski definition) is 1. The number of nitriles is 1. The number of fused-ring (bicyclic) bond motifs is 6. The van der Waals surface area contributed by atoms with Gasteiger partial charge in [0.15, 0.2) is 5.69 Å². The van der Waals surface area contributed by atoms with E-state index in [1.807, 2.05) is 42.5 Å². The van der Waals surface area contributed by atoms with E-state index in [1.165, 1.54) is 5.39 Å². The summed E-state index contributed by atoms with van der Waals surface area (Å²) in [6.07, 6.45) is 0. The summed E-state index contributed by atoms with van der Waals surface area (Å²) >= 11 is 0. The Morgan fingerprint density at radius 2 is 1.20 bits per heavy atom. The van der Waals surface area contributed by atoms with Gasteiger partial charge in [-0.25, -0.2) is 9.69 Å². The minimum atomic E-state index is 0.441. The third kappa shape index (κ3) is 3.70. The molecule has 0 fully saturated rings.